The summed E-state index contributed by atoms with van der Waals surface area (Å²) in [5.74, 6) is 0.661. The highest BCUT2D eigenvalue weighted by molar-refractivity contribution is 6.03. The van der Waals surface area contributed by atoms with Gasteiger partial charge in [0.15, 0.2) is 0 Å². The second kappa shape index (κ2) is 21.8. The molecule has 2 fully saturated rings. The van der Waals surface area contributed by atoms with E-state index in [1.54, 1.807) is 0 Å². The van der Waals surface area contributed by atoms with Gasteiger partial charge < -0.3 is 24.7 Å². The van der Waals surface area contributed by atoms with E-state index in [1.807, 2.05) is 6.20 Å². The molecule has 3 atom stereocenters. The summed E-state index contributed by atoms with van der Waals surface area (Å²) in [6, 6.07) is 16.9. The maximum Gasteiger partial charge on any atom is 0.0707 e. The summed E-state index contributed by atoms with van der Waals surface area (Å²) in [5, 5.41) is 7.50. The molecule has 366 valence electrons. The van der Waals surface area contributed by atoms with Crippen LogP contribution in [0.25, 0.3) is 33.3 Å². The van der Waals surface area contributed by atoms with Gasteiger partial charge in [-0.3, -0.25) is 9.98 Å². The van der Waals surface area contributed by atoms with Gasteiger partial charge in [0.2, 0.25) is 0 Å². The second-order valence-corrected chi connectivity index (χ2v) is 22.1. The van der Waals surface area contributed by atoms with Crippen LogP contribution in [0.2, 0.25) is 0 Å². The lowest BCUT2D eigenvalue weighted by Crippen LogP contribution is -2.50. The van der Waals surface area contributed by atoms with E-state index in [9.17, 15) is 0 Å². The van der Waals surface area contributed by atoms with E-state index in [2.05, 4.69) is 174 Å². The molecule has 1 spiro atoms. The van der Waals surface area contributed by atoms with E-state index in [-0.39, 0.29) is 22.9 Å². The third-order valence-corrected chi connectivity index (χ3v) is 15.8. The first-order chi connectivity index (χ1) is 32.5. The SMILES string of the molecule is C=CCCC(C)(C)Cc1c(-c2cc(C3=NCC4(CCN(C)CC4)C3)cnc2C(C)CC)n(CC)c2ccc(-c3cc(C)cc(CC(NC(=C)C(C(C)C)N(C)C=C)C(=C)N4CCCCN4)c3)cc12. The Hall–Kier alpha value is -4.92. The topological polar surface area (TPSA) is 64.0 Å². The summed E-state index contributed by atoms with van der Waals surface area (Å²) in [6.07, 6.45) is 16.7. The Labute approximate surface area is 411 Å². The third-order valence-electron chi connectivity index (χ3n) is 15.8. The smallest absolute Gasteiger partial charge is 0.0707 e. The number of aromatic nitrogens is 2. The number of likely N-dealkylation sites (tertiary alicyclic amines) is 1. The van der Waals surface area contributed by atoms with Gasteiger partial charge in [-0.1, -0.05) is 97.2 Å². The summed E-state index contributed by atoms with van der Waals surface area (Å²) < 4.78 is 2.60. The molecule has 2 saturated heterocycles. The summed E-state index contributed by atoms with van der Waals surface area (Å²) in [4.78, 5) is 15.3. The lowest BCUT2D eigenvalue weighted by Gasteiger charge is -2.38. The van der Waals surface area contributed by atoms with Crippen molar-refractivity contribution in [3.63, 3.8) is 0 Å². The molecule has 4 aromatic rings. The zero-order valence-corrected chi connectivity index (χ0v) is 43.9. The molecule has 2 N–H and O–H groups in total. The Morgan fingerprint density at radius 2 is 1.75 bits per heavy atom. The monoisotopic (exact) mass is 919 g/mol. The zero-order valence-electron chi connectivity index (χ0n) is 43.9. The predicted molar refractivity (Wildman–Crippen MR) is 291 cm³/mol. The van der Waals surface area contributed by atoms with Gasteiger partial charge in [-0.05, 0) is 168 Å². The number of hydrogen-bond acceptors (Lipinski definition) is 7. The van der Waals surface area contributed by atoms with Crippen molar-refractivity contribution in [2.24, 2.45) is 21.7 Å². The van der Waals surface area contributed by atoms with Crippen LogP contribution in [0.1, 0.15) is 134 Å². The van der Waals surface area contributed by atoms with Gasteiger partial charge in [0.05, 0.1) is 23.5 Å². The number of benzene rings is 2. The molecular formula is C60H86N8. The molecule has 8 heteroatoms. The molecule has 0 bridgehead atoms. The number of piperidine rings is 1. The average molecular weight is 919 g/mol. The van der Waals surface area contributed by atoms with E-state index in [0.29, 0.717) is 11.8 Å². The molecule has 2 aromatic heterocycles. The van der Waals surface area contributed by atoms with Gasteiger partial charge >= 0.3 is 0 Å². The van der Waals surface area contributed by atoms with Gasteiger partial charge in [0.25, 0.3) is 0 Å². The van der Waals surface area contributed by atoms with Crippen LogP contribution in [-0.4, -0.2) is 89.0 Å². The fourth-order valence-corrected chi connectivity index (χ4v) is 11.5. The number of hydrogen-bond donors (Lipinski definition) is 2. The number of allylic oxidation sites excluding steroid dienone is 1. The van der Waals surface area contributed by atoms with Crippen LogP contribution in [-0.2, 0) is 19.4 Å². The molecule has 3 aliphatic heterocycles. The van der Waals surface area contributed by atoms with Crippen molar-refractivity contribution in [2.45, 2.75) is 144 Å². The highest BCUT2D eigenvalue weighted by atomic mass is 15.5. The van der Waals surface area contributed by atoms with Crippen LogP contribution in [0.3, 0.4) is 0 Å². The highest BCUT2D eigenvalue weighted by Gasteiger charge is 2.39. The third kappa shape index (κ3) is 11.2. The quantitative estimate of drug-likeness (QED) is 0.0812. The van der Waals surface area contributed by atoms with Crippen LogP contribution in [0.4, 0.5) is 0 Å². The van der Waals surface area contributed by atoms with Crippen LogP contribution in [0.15, 0.2) is 104 Å². The molecule has 2 aromatic carbocycles. The van der Waals surface area contributed by atoms with Crippen molar-refractivity contribution >= 4 is 16.6 Å². The number of fused-ring (bicyclic) bond motifs is 1. The number of rotatable bonds is 21. The summed E-state index contributed by atoms with van der Waals surface area (Å²) >= 11 is 0. The molecular weight excluding hydrogens is 833 g/mol. The van der Waals surface area contributed by atoms with Crippen LogP contribution in [0, 0.1) is 23.7 Å². The van der Waals surface area contributed by atoms with Crippen molar-refractivity contribution in [2.75, 3.05) is 46.8 Å². The van der Waals surface area contributed by atoms with Crippen molar-refractivity contribution in [1.29, 1.82) is 0 Å². The van der Waals surface area contributed by atoms with E-state index in [1.165, 1.54) is 86.2 Å². The van der Waals surface area contributed by atoms with Crippen molar-refractivity contribution in [1.82, 2.24) is 35.1 Å². The minimum absolute atomic E-state index is 0.0482. The van der Waals surface area contributed by atoms with Gasteiger partial charge in [-0.2, -0.15) is 0 Å². The molecule has 0 amide bonds. The fourth-order valence-electron chi connectivity index (χ4n) is 11.5. The Balaban J connectivity index is 1.33. The lowest BCUT2D eigenvalue weighted by atomic mass is 9.75. The number of hydrazine groups is 1. The molecule has 5 heterocycles. The standard InChI is InChI=1S/C60H86N8/c1-15-19-24-59(11,12)37-52-50-35-47(48-32-42(7)31-46(33-48)34-53(45(10)68-28-21-20-27-63-68)64-44(9)57(41(5)6)66(14)17-3)22-23-55(50)67(18-4)58(52)51-36-49(39-61-56(51)43(8)16-2)54-38-60(40-62-54)25-29-65(13)30-26-60/h15,17,22-23,31-33,35-36,39,41,43,53,57,63-64H,1,3,9-10,16,18-21,24-30,34,37-38,40H2,2,4-8,11-14H3. The van der Waals surface area contributed by atoms with Gasteiger partial charge in [-0.25, -0.2) is 5.43 Å². The molecule has 7 rings (SSSR count). The Bertz CT molecular complexity index is 2470. The van der Waals surface area contributed by atoms with Crippen LogP contribution >= 0.6 is 0 Å². The maximum absolute atomic E-state index is 5.40. The van der Waals surface area contributed by atoms with Crippen molar-refractivity contribution in [3.05, 3.63) is 127 Å². The number of nitrogens with zero attached hydrogens (tertiary/aromatic N) is 6. The van der Waals surface area contributed by atoms with E-state index in [0.717, 1.165) is 95.6 Å². The van der Waals surface area contributed by atoms with Crippen LogP contribution in [0.5, 0.6) is 0 Å². The minimum atomic E-state index is -0.0515. The maximum atomic E-state index is 5.40. The summed E-state index contributed by atoms with van der Waals surface area (Å²) in [5.41, 5.74) is 19.9. The molecule has 3 aliphatic rings. The second-order valence-electron chi connectivity index (χ2n) is 22.1. The Kier molecular flexibility index (Phi) is 16.3. The van der Waals surface area contributed by atoms with Gasteiger partial charge in [0.1, 0.15) is 0 Å². The number of pyridine rings is 1. The highest BCUT2D eigenvalue weighted by Crippen LogP contribution is 2.45. The fraction of sp³-hybridized carbons (Fsp3) is 0.533. The lowest BCUT2D eigenvalue weighted by molar-refractivity contribution is 0.143. The molecule has 0 saturated carbocycles. The average Bonchev–Trinajstić information content (AvgIpc) is 3.88. The molecule has 68 heavy (non-hydrogen) atoms. The minimum Gasteiger partial charge on any atom is -0.378 e. The Morgan fingerprint density at radius 1 is 0.985 bits per heavy atom. The number of likely N-dealkylation sites (N-methyl/N-ethyl adjacent to an activating group) is 1. The predicted octanol–water partition coefficient (Wildman–Crippen LogP) is 12.9. The zero-order chi connectivity index (χ0) is 48.9. The summed E-state index contributed by atoms with van der Waals surface area (Å²) in [6.45, 7) is 42.1. The van der Waals surface area contributed by atoms with Gasteiger partial charge in [-0.15, -0.1) is 6.58 Å². The largest absolute Gasteiger partial charge is 0.378 e. The van der Waals surface area contributed by atoms with Crippen LogP contribution < -0.4 is 10.7 Å². The summed E-state index contributed by atoms with van der Waals surface area (Å²) in [7, 11) is 4.34. The van der Waals surface area contributed by atoms with E-state index < -0.39 is 0 Å². The van der Waals surface area contributed by atoms with E-state index >= 15 is 0 Å². The number of nitrogens with one attached hydrogen (secondary N) is 2. The molecule has 8 nitrogen and oxygen atoms in total. The number of aryl methyl sites for hydroxylation is 2. The Morgan fingerprint density at radius 3 is 2.41 bits per heavy atom. The molecule has 3 unspecified atom stereocenters. The van der Waals surface area contributed by atoms with E-state index in [4.69, 9.17) is 16.6 Å². The van der Waals surface area contributed by atoms with Crippen molar-refractivity contribution in [3.8, 4) is 22.4 Å². The first-order valence-electron chi connectivity index (χ1n) is 26.1. The molecule has 0 aliphatic carbocycles. The van der Waals surface area contributed by atoms with Gasteiger partial charge in [0, 0.05) is 78.6 Å². The first kappa shape index (κ1) is 50.9. The van der Waals surface area contributed by atoms with Crippen molar-refractivity contribution < 1.29 is 0 Å². The normalized spacial score (nSPS) is 17.9. The first-order valence-corrected chi connectivity index (χ1v) is 26.1. The number of aliphatic imine (C=N–C) groups is 1. The molecule has 0 radical (unpaired) electrons.